The number of amides is 2. The normalized spacial score (nSPS) is 14.3. The molecular formula is C18H21N5O2. The highest BCUT2D eigenvalue weighted by Gasteiger charge is 2.18. The second-order valence-corrected chi connectivity index (χ2v) is 6.01. The lowest BCUT2D eigenvalue weighted by atomic mass is 10.1. The summed E-state index contributed by atoms with van der Waals surface area (Å²) in [6.45, 7) is 5.19. The van der Waals surface area contributed by atoms with Gasteiger partial charge in [-0.2, -0.15) is 0 Å². The van der Waals surface area contributed by atoms with Crippen molar-refractivity contribution in [1.29, 1.82) is 0 Å². The summed E-state index contributed by atoms with van der Waals surface area (Å²) in [6.07, 6.45) is 3.95. The van der Waals surface area contributed by atoms with Gasteiger partial charge in [0.1, 0.15) is 0 Å². The third-order valence-electron chi connectivity index (χ3n) is 4.35. The Hall–Kier alpha value is -2.96. The third kappa shape index (κ3) is 4.12. The number of hydrogen-bond acceptors (Lipinski definition) is 5. The van der Waals surface area contributed by atoms with Gasteiger partial charge in [-0.25, -0.2) is 9.97 Å². The number of aromatic nitrogens is 2. The van der Waals surface area contributed by atoms with E-state index in [1.165, 1.54) is 0 Å². The Balaban J connectivity index is 1.57. The molecule has 2 aromatic rings. The fraction of sp³-hybridized carbons (Fsp3) is 0.333. The highest BCUT2D eigenvalue weighted by Crippen LogP contribution is 2.11. The topological polar surface area (TPSA) is 78.4 Å². The van der Waals surface area contributed by atoms with Crippen LogP contribution in [0.25, 0.3) is 0 Å². The number of anilines is 1. The van der Waals surface area contributed by atoms with Crippen molar-refractivity contribution in [3.63, 3.8) is 0 Å². The van der Waals surface area contributed by atoms with Crippen molar-refractivity contribution in [2.75, 3.05) is 31.1 Å². The fourth-order valence-corrected chi connectivity index (χ4v) is 2.72. The van der Waals surface area contributed by atoms with Crippen molar-refractivity contribution >= 4 is 18.3 Å². The quantitative estimate of drug-likeness (QED) is 0.822. The van der Waals surface area contributed by atoms with Gasteiger partial charge in [0, 0.05) is 45.1 Å². The number of rotatable bonds is 5. The van der Waals surface area contributed by atoms with Gasteiger partial charge in [-0.3, -0.25) is 9.59 Å². The Morgan fingerprint density at radius 3 is 2.48 bits per heavy atom. The number of nitrogens with zero attached hydrogens (tertiary/aromatic N) is 4. The summed E-state index contributed by atoms with van der Waals surface area (Å²) in [4.78, 5) is 35.3. The molecule has 0 atom stereocenters. The van der Waals surface area contributed by atoms with Gasteiger partial charge in [0.15, 0.2) is 0 Å². The first kappa shape index (κ1) is 16.9. The van der Waals surface area contributed by atoms with Crippen LogP contribution >= 0.6 is 0 Å². The van der Waals surface area contributed by atoms with E-state index in [1.54, 1.807) is 17.3 Å². The van der Waals surface area contributed by atoms with Crippen LogP contribution in [-0.4, -0.2) is 53.4 Å². The Labute approximate surface area is 146 Å². The van der Waals surface area contributed by atoms with E-state index < -0.39 is 0 Å². The summed E-state index contributed by atoms with van der Waals surface area (Å²) in [5, 5.41) is 2.89. The lowest BCUT2D eigenvalue weighted by molar-refractivity contribution is -0.118. The van der Waals surface area contributed by atoms with Crippen molar-refractivity contribution in [2.45, 2.75) is 13.5 Å². The molecule has 7 nitrogen and oxygen atoms in total. The summed E-state index contributed by atoms with van der Waals surface area (Å²) in [6, 6.07) is 7.94. The molecule has 25 heavy (non-hydrogen) atoms. The average Bonchev–Trinajstić information content (AvgIpc) is 2.67. The Morgan fingerprint density at radius 1 is 1.16 bits per heavy atom. The Kier molecular flexibility index (Phi) is 5.23. The molecule has 1 fully saturated rings. The second kappa shape index (κ2) is 7.74. The van der Waals surface area contributed by atoms with Crippen LogP contribution < -0.4 is 10.2 Å². The second-order valence-electron chi connectivity index (χ2n) is 6.01. The van der Waals surface area contributed by atoms with Crippen LogP contribution in [0.4, 0.5) is 5.95 Å². The van der Waals surface area contributed by atoms with Gasteiger partial charge in [-0.05, 0) is 18.1 Å². The maximum absolute atomic E-state index is 12.2. The number of benzene rings is 1. The van der Waals surface area contributed by atoms with Crippen LogP contribution in [0.5, 0.6) is 0 Å². The van der Waals surface area contributed by atoms with Crippen molar-refractivity contribution in [3.8, 4) is 0 Å². The van der Waals surface area contributed by atoms with Gasteiger partial charge < -0.3 is 15.1 Å². The van der Waals surface area contributed by atoms with E-state index in [-0.39, 0.29) is 5.91 Å². The van der Waals surface area contributed by atoms with E-state index in [1.807, 2.05) is 36.1 Å². The average molecular weight is 339 g/mol. The highest BCUT2D eigenvalue weighted by molar-refractivity contribution is 5.93. The minimum absolute atomic E-state index is 0.194. The summed E-state index contributed by atoms with van der Waals surface area (Å²) in [5.74, 6) is 0.390. The van der Waals surface area contributed by atoms with Crippen molar-refractivity contribution in [3.05, 3.63) is 53.3 Å². The van der Waals surface area contributed by atoms with Crippen molar-refractivity contribution in [1.82, 2.24) is 20.2 Å². The maximum Gasteiger partial charge on any atom is 0.254 e. The zero-order valence-corrected chi connectivity index (χ0v) is 14.2. The molecule has 130 valence electrons. The minimum atomic E-state index is -0.194. The van der Waals surface area contributed by atoms with Crippen molar-refractivity contribution in [2.24, 2.45) is 0 Å². The van der Waals surface area contributed by atoms with Crippen LogP contribution in [0.2, 0.25) is 0 Å². The van der Waals surface area contributed by atoms with E-state index in [2.05, 4.69) is 15.3 Å². The number of carbonyl (C=O) groups excluding carboxylic acids is 2. The zero-order valence-electron chi connectivity index (χ0n) is 14.2. The molecular weight excluding hydrogens is 318 g/mol. The Morgan fingerprint density at radius 2 is 1.84 bits per heavy atom. The molecule has 1 N–H and O–H groups in total. The molecule has 1 aromatic carbocycles. The number of nitrogens with one attached hydrogen (secondary N) is 1. The smallest absolute Gasteiger partial charge is 0.254 e. The van der Waals surface area contributed by atoms with Gasteiger partial charge in [-0.15, -0.1) is 0 Å². The maximum atomic E-state index is 12.2. The standard InChI is InChI=1S/C18H21N5O2/c1-14-4-2-3-5-15(14)10-19-17(25)16-11-20-18(21-12-16)23-8-6-22(13-24)7-9-23/h2-5,11-13H,6-10H2,1H3,(H,19,25). The first-order valence-electron chi connectivity index (χ1n) is 8.26. The lowest BCUT2D eigenvalue weighted by Crippen LogP contribution is -2.46. The van der Waals surface area contributed by atoms with E-state index in [9.17, 15) is 9.59 Å². The molecule has 1 saturated heterocycles. The zero-order chi connectivity index (χ0) is 17.6. The van der Waals surface area contributed by atoms with Crippen LogP contribution in [0.1, 0.15) is 21.5 Å². The first-order valence-corrected chi connectivity index (χ1v) is 8.26. The predicted molar refractivity (Wildman–Crippen MR) is 94.2 cm³/mol. The van der Waals surface area contributed by atoms with Crippen LogP contribution in [-0.2, 0) is 11.3 Å². The summed E-state index contributed by atoms with van der Waals surface area (Å²) in [7, 11) is 0. The van der Waals surface area contributed by atoms with Crippen LogP contribution in [0, 0.1) is 6.92 Å². The molecule has 2 amide bonds. The highest BCUT2D eigenvalue weighted by atomic mass is 16.1. The first-order chi connectivity index (χ1) is 12.2. The molecule has 1 aliphatic rings. The largest absolute Gasteiger partial charge is 0.348 e. The number of aryl methyl sites for hydroxylation is 1. The van der Waals surface area contributed by atoms with Crippen LogP contribution in [0.3, 0.4) is 0 Å². The molecule has 0 spiro atoms. The molecule has 2 heterocycles. The molecule has 1 aromatic heterocycles. The summed E-state index contributed by atoms with van der Waals surface area (Å²) >= 11 is 0. The van der Waals surface area contributed by atoms with Gasteiger partial charge in [0.05, 0.1) is 5.56 Å². The minimum Gasteiger partial charge on any atom is -0.348 e. The van der Waals surface area contributed by atoms with E-state index in [0.717, 1.165) is 17.5 Å². The monoisotopic (exact) mass is 339 g/mol. The molecule has 0 aliphatic carbocycles. The molecule has 3 rings (SSSR count). The van der Waals surface area contributed by atoms with Gasteiger partial charge in [-0.1, -0.05) is 24.3 Å². The molecule has 0 saturated carbocycles. The van der Waals surface area contributed by atoms with Gasteiger partial charge in [0.25, 0.3) is 5.91 Å². The van der Waals surface area contributed by atoms with Gasteiger partial charge >= 0.3 is 0 Å². The molecule has 7 heteroatoms. The fourth-order valence-electron chi connectivity index (χ4n) is 2.72. The molecule has 0 unspecified atom stereocenters. The number of carbonyl (C=O) groups is 2. The number of piperazine rings is 1. The van der Waals surface area contributed by atoms with E-state index in [0.29, 0.717) is 44.2 Å². The summed E-state index contributed by atoms with van der Waals surface area (Å²) in [5.41, 5.74) is 2.66. The molecule has 0 bridgehead atoms. The SMILES string of the molecule is Cc1ccccc1CNC(=O)c1cnc(N2CCN(C=O)CC2)nc1. The molecule has 1 aliphatic heterocycles. The van der Waals surface area contributed by atoms with Crippen LogP contribution in [0.15, 0.2) is 36.7 Å². The lowest BCUT2D eigenvalue weighted by Gasteiger charge is -2.32. The molecule has 0 radical (unpaired) electrons. The number of hydrogen-bond donors (Lipinski definition) is 1. The summed E-state index contributed by atoms with van der Waals surface area (Å²) < 4.78 is 0. The van der Waals surface area contributed by atoms with Crippen molar-refractivity contribution < 1.29 is 9.59 Å². The van der Waals surface area contributed by atoms with E-state index in [4.69, 9.17) is 0 Å². The third-order valence-corrected chi connectivity index (χ3v) is 4.35. The predicted octanol–water partition coefficient (Wildman–Crippen LogP) is 0.993. The van der Waals surface area contributed by atoms with Gasteiger partial charge in [0.2, 0.25) is 12.4 Å². The van der Waals surface area contributed by atoms with E-state index >= 15 is 0 Å². The Bertz CT molecular complexity index is 739.